The summed E-state index contributed by atoms with van der Waals surface area (Å²) in [6.45, 7) is 4.05. The molecule has 6 heteroatoms. The van der Waals surface area contributed by atoms with Gasteiger partial charge in [0, 0.05) is 34.2 Å². The molecule has 0 aliphatic heterocycles. The van der Waals surface area contributed by atoms with E-state index >= 15 is 0 Å². The number of aliphatic hydroxyl groups is 1. The molecule has 0 bridgehead atoms. The summed E-state index contributed by atoms with van der Waals surface area (Å²) >= 11 is 0. The van der Waals surface area contributed by atoms with Gasteiger partial charge in [-0.05, 0) is 43.7 Å². The minimum Gasteiger partial charge on any atom is -0.387 e. The summed E-state index contributed by atoms with van der Waals surface area (Å²) in [6, 6.07) is 12.2. The van der Waals surface area contributed by atoms with Crippen LogP contribution in [0.3, 0.4) is 0 Å². The zero-order valence-electron chi connectivity index (χ0n) is 14.0. The molecular formula is C18H22N2O3S. The number of hydrogen-bond acceptors (Lipinski definition) is 3. The zero-order chi connectivity index (χ0) is 17.7. The Labute approximate surface area is 144 Å². The molecular weight excluding hydrogens is 324 g/mol. The van der Waals surface area contributed by atoms with Gasteiger partial charge in [0.25, 0.3) is 0 Å². The first-order valence-corrected chi connectivity index (χ1v) is 9.15. The number of urea groups is 1. The highest BCUT2D eigenvalue weighted by Crippen LogP contribution is 2.16. The average Bonchev–Trinajstić information content (AvgIpc) is 2.52. The van der Waals surface area contributed by atoms with Crippen molar-refractivity contribution in [2.75, 3.05) is 18.1 Å². The van der Waals surface area contributed by atoms with Crippen molar-refractivity contribution < 1.29 is 14.1 Å². The highest BCUT2D eigenvalue weighted by Gasteiger charge is 2.10. The van der Waals surface area contributed by atoms with Crippen LogP contribution in [0.15, 0.2) is 47.4 Å². The lowest BCUT2D eigenvalue weighted by Gasteiger charge is -2.14. The number of anilines is 1. The van der Waals surface area contributed by atoms with Gasteiger partial charge in [0.15, 0.2) is 0 Å². The van der Waals surface area contributed by atoms with Crippen molar-refractivity contribution in [3.63, 3.8) is 0 Å². The molecule has 5 nitrogen and oxygen atoms in total. The summed E-state index contributed by atoms with van der Waals surface area (Å²) < 4.78 is 11.3. The Balaban J connectivity index is 1.89. The standard InChI is InChI=1S/C18H22N2O3S/c1-12-8-13(2)10-14(9-12)17(21)11-19-18(22)20-15-4-6-16(7-5-15)24(3)23/h4-10,17,21H,11H2,1-3H3,(H2,19,20,22)/t17-,24+/m0/s1. The van der Waals surface area contributed by atoms with Crippen LogP contribution in [-0.2, 0) is 10.8 Å². The highest BCUT2D eigenvalue weighted by molar-refractivity contribution is 7.84. The van der Waals surface area contributed by atoms with Crippen molar-refractivity contribution >= 4 is 22.5 Å². The number of rotatable bonds is 5. The SMILES string of the molecule is Cc1cc(C)cc([C@@H](O)CNC(=O)Nc2ccc([S@@](C)=O)cc2)c1. The number of carbonyl (C=O) groups is 1. The van der Waals surface area contributed by atoms with Gasteiger partial charge in [-0.1, -0.05) is 29.3 Å². The lowest BCUT2D eigenvalue weighted by atomic mass is 10.0. The number of aryl methyl sites for hydroxylation is 2. The molecule has 0 fully saturated rings. The van der Waals surface area contributed by atoms with Crippen LogP contribution >= 0.6 is 0 Å². The maximum atomic E-state index is 11.9. The molecule has 2 atom stereocenters. The third-order valence-corrected chi connectivity index (χ3v) is 4.46. The van der Waals surface area contributed by atoms with E-state index in [0.717, 1.165) is 16.7 Å². The number of aliphatic hydroxyl groups excluding tert-OH is 1. The van der Waals surface area contributed by atoms with Crippen LogP contribution < -0.4 is 10.6 Å². The topological polar surface area (TPSA) is 78.4 Å². The van der Waals surface area contributed by atoms with Crippen LogP contribution in [0, 0.1) is 13.8 Å². The summed E-state index contributed by atoms with van der Waals surface area (Å²) in [7, 11) is -1.05. The van der Waals surface area contributed by atoms with Crippen molar-refractivity contribution in [1.82, 2.24) is 5.32 Å². The van der Waals surface area contributed by atoms with Crippen molar-refractivity contribution in [1.29, 1.82) is 0 Å². The maximum absolute atomic E-state index is 11.9. The molecule has 3 N–H and O–H groups in total. The molecule has 2 amide bonds. The van der Waals surface area contributed by atoms with Gasteiger partial charge in [-0.2, -0.15) is 0 Å². The van der Waals surface area contributed by atoms with E-state index in [-0.39, 0.29) is 6.54 Å². The predicted molar refractivity (Wildman–Crippen MR) is 96.7 cm³/mol. The van der Waals surface area contributed by atoms with E-state index in [1.807, 2.05) is 32.0 Å². The smallest absolute Gasteiger partial charge is 0.319 e. The predicted octanol–water partition coefficient (Wildman–Crippen LogP) is 2.90. The molecule has 0 saturated carbocycles. The van der Waals surface area contributed by atoms with Crippen LogP contribution in [0.2, 0.25) is 0 Å². The Morgan fingerprint density at radius 1 is 1.12 bits per heavy atom. The van der Waals surface area contributed by atoms with Gasteiger partial charge < -0.3 is 15.7 Å². The summed E-state index contributed by atoms with van der Waals surface area (Å²) in [5.74, 6) is 0. The third-order valence-electron chi connectivity index (χ3n) is 3.53. The first-order valence-electron chi connectivity index (χ1n) is 7.60. The van der Waals surface area contributed by atoms with E-state index in [1.165, 1.54) is 0 Å². The fraction of sp³-hybridized carbons (Fsp3) is 0.278. The largest absolute Gasteiger partial charge is 0.387 e. The Morgan fingerprint density at radius 3 is 2.25 bits per heavy atom. The van der Waals surface area contributed by atoms with Crippen molar-refractivity contribution in [2.24, 2.45) is 0 Å². The molecule has 2 rings (SSSR count). The minimum atomic E-state index is -1.05. The fourth-order valence-corrected chi connectivity index (χ4v) is 2.93. The maximum Gasteiger partial charge on any atom is 0.319 e. The molecule has 0 heterocycles. The summed E-state index contributed by atoms with van der Waals surface area (Å²) in [5.41, 5.74) is 3.52. The number of nitrogens with one attached hydrogen (secondary N) is 2. The molecule has 0 unspecified atom stereocenters. The normalized spacial score (nSPS) is 13.2. The molecule has 128 valence electrons. The van der Waals surface area contributed by atoms with Crippen molar-refractivity contribution in [2.45, 2.75) is 24.8 Å². The summed E-state index contributed by atoms with van der Waals surface area (Å²) in [5, 5.41) is 15.5. The van der Waals surface area contributed by atoms with Gasteiger partial charge in [-0.15, -0.1) is 0 Å². The molecule has 2 aromatic rings. The number of carbonyl (C=O) groups excluding carboxylic acids is 1. The molecule has 2 aromatic carbocycles. The van der Waals surface area contributed by atoms with Crippen LogP contribution in [0.1, 0.15) is 22.8 Å². The third kappa shape index (κ3) is 5.18. The monoisotopic (exact) mass is 346 g/mol. The number of benzene rings is 2. The van der Waals surface area contributed by atoms with Gasteiger partial charge in [-0.25, -0.2) is 4.79 Å². The number of hydrogen-bond donors (Lipinski definition) is 3. The van der Waals surface area contributed by atoms with E-state index in [1.54, 1.807) is 30.5 Å². The van der Waals surface area contributed by atoms with Gasteiger partial charge in [0.2, 0.25) is 0 Å². The van der Waals surface area contributed by atoms with Gasteiger partial charge in [-0.3, -0.25) is 4.21 Å². The van der Waals surface area contributed by atoms with Crippen LogP contribution in [0.5, 0.6) is 0 Å². The second-order valence-electron chi connectivity index (χ2n) is 5.75. The molecule has 0 saturated heterocycles. The molecule has 0 aliphatic carbocycles. The highest BCUT2D eigenvalue weighted by atomic mass is 32.2. The summed E-state index contributed by atoms with van der Waals surface area (Å²) in [6.07, 6.45) is 0.836. The van der Waals surface area contributed by atoms with Gasteiger partial charge in [0.1, 0.15) is 0 Å². The zero-order valence-corrected chi connectivity index (χ0v) is 14.8. The molecule has 0 aliphatic rings. The van der Waals surface area contributed by atoms with Gasteiger partial charge in [0.05, 0.1) is 6.10 Å². The minimum absolute atomic E-state index is 0.117. The van der Waals surface area contributed by atoms with Gasteiger partial charge >= 0.3 is 6.03 Å². The first-order chi connectivity index (χ1) is 11.3. The molecule has 0 radical (unpaired) electrons. The number of amides is 2. The van der Waals surface area contributed by atoms with Crippen LogP contribution in [0.25, 0.3) is 0 Å². The Bertz CT molecular complexity index is 724. The van der Waals surface area contributed by atoms with E-state index in [4.69, 9.17) is 0 Å². The van der Waals surface area contributed by atoms with Crippen LogP contribution in [-0.4, -0.2) is 28.1 Å². The van der Waals surface area contributed by atoms with E-state index in [9.17, 15) is 14.1 Å². The average molecular weight is 346 g/mol. The first kappa shape index (κ1) is 18.2. The quantitative estimate of drug-likeness (QED) is 0.779. The Morgan fingerprint density at radius 2 is 1.71 bits per heavy atom. The fourth-order valence-electron chi connectivity index (χ4n) is 2.41. The van der Waals surface area contributed by atoms with E-state index < -0.39 is 22.9 Å². The summed E-state index contributed by atoms with van der Waals surface area (Å²) in [4.78, 5) is 12.6. The lowest BCUT2D eigenvalue weighted by molar-refractivity contribution is 0.175. The molecule has 24 heavy (non-hydrogen) atoms. The molecule has 0 aromatic heterocycles. The van der Waals surface area contributed by atoms with Crippen molar-refractivity contribution in [3.05, 3.63) is 59.2 Å². The van der Waals surface area contributed by atoms with E-state index in [2.05, 4.69) is 10.6 Å². The van der Waals surface area contributed by atoms with Crippen LogP contribution in [0.4, 0.5) is 10.5 Å². The Kier molecular flexibility index (Phi) is 6.11. The van der Waals surface area contributed by atoms with E-state index in [0.29, 0.717) is 10.6 Å². The second-order valence-corrected chi connectivity index (χ2v) is 7.13. The molecule has 0 spiro atoms. The second kappa shape index (κ2) is 8.08. The lowest BCUT2D eigenvalue weighted by Crippen LogP contribution is -2.32. The Hall–Kier alpha value is -2.18. The van der Waals surface area contributed by atoms with Crippen molar-refractivity contribution in [3.8, 4) is 0 Å².